The van der Waals surface area contributed by atoms with Crippen molar-refractivity contribution < 1.29 is 9.90 Å². The number of aromatic nitrogens is 4. The van der Waals surface area contributed by atoms with Gasteiger partial charge in [0.2, 0.25) is 0 Å². The molecular weight excluding hydrogens is 324 g/mol. The number of benzene rings is 1. The van der Waals surface area contributed by atoms with Crippen LogP contribution in [0.2, 0.25) is 0 Å². The quantitative estimate of drug-likeness (QED) is 0.532. The van der Waals surface area contributed by atoms with Gasteiger partial charge in [0.15, 0.2) is 10.2 Å². The lowest BCUT2D eigenvalue weighted by Crippen LogP contribution is -2.28. The third-order valence-corrected chi connectivity index (χ3v) is 3.80. The summed E-state index contributed by atoms with van der Waals surface area (Å²) in [7, 11) is 0. The summed E-state index contributed by atoms with van der Waals surface area (Å²) in [4.78, 5) is 15.4. The highest BCUT2D eigenvalue weighted by Crippen LogP contribution is 2.17. The van der Waals surface area contributed by atoms with Gasteiger partial charge in [-0.25, -0.2) is 9.78 Å². The van der Waals surface area contributed by atoms with Gasteiger partial charge in [0.05, 0.1) is 5.56 Å². The van der Waals surface area contributed by atoms with E-state index < -0.39 is 5.97 Å². The first-order valence-electron chi connectivity index (χ1n) is 6.14. The van der Waals surface area contributed by atoms with Crippen molar-refractivity contribution in [3.63, 3.8) is 0 Å². The van der Waals surface area contributed by atoms with Gasteiger partial charge in [0.1, 0.15) is 11.0 Å². The summed E-state index contributed by atoms with van der Waals surface area (Å²) in [6, 6.07) is 3.15. The minimum absolute atomic E-state index is 0.158. The number of hydrogen-bond donors (Lipinski definition) is 4. The predicted molar refractivity (Wildman–Crippen MR) is 86.0 cm³/mol. The molecule has 3 aromatic rings. The van der Waals surface area contributed by atoms with Crippen LogP contribution >= 0.6 is 23.6 Å². The Balaban J connectivity index is 1.76. The standard InChI is InChI=1S/C12H10N6O2S2/c19-10(20)7-4-9-8(16-18-17-9)3-6(7)5-14-11(21)15-12-13-1-2-22-12/h1-4H,5H2,(H,19,20)(H,16,17,18)(H2,13,14,15,21). The van der Waals surface area contributed by atoms with Crippen molar-refractivity contribution in [1.82, 2.24) is 25.7 Å². The van der Waals surface area contributed by atoms with E-state index in [4.69, 9.17) is 12.2 Å². The normalized spacial score (nSPS) is 10.5. The summed E-state index contributed by atoms with van der Waals surface area (Å²) in [5, 5.41) is 28.3. The van der Waals surface area contributed by atoms with Crippen LogP contribution in [0.15, 0.2) is 23.7 Å². The maximum absolute atomic E-state index is 11.3. The smallest absolute Gasteiger partial charge is 0.336 e. The topological polar surface area (TPSA) is 116 Å². The van der Waals surface area contributed by atoms with Gasteiger partial charge in [-0.3, -0.25) is 0 Å². The molecule has 2 heterocycles. The van der Waals surface area contributed by atoms with Crippen LogP contribution in [-0.2, 0) is 6.54 Å². The molecule has 0 radical (unpaired) electrons. The average molecular weight is 334 g/mol. The summed E-state index contributed by atoms with van der Waals surface area (Å²) in [6.07, 6.45) is 1.66. The zero-order chi connectivity index (χ0) is 15.5. The molecule has 0 spiro atoms. The SMILES string of the molecule is O=C(O)c1cc2n[nH]nc2cc1CNC(=S)Nc1nccs1. The molecule has 0 unspecified atom stereocenters. The summed E-state index contributed by atoms with van der Waals surface area (Å²) < 4.78 is 0. The molecule has 112 valence electrons. The number of H-pyrrole nitrogens is 1. The van der Waals surface area contributed by atoms with Gasteiger partial charge in [-0.15, -0.1) is 11.3 Å². The summed E-state index contributed by atoms with van der Waals surface area (Å²) in [5.41, 5.74) is 1.83. The number of rotatable bonds is 4. The zero-order valence-corrected chi connectivity index (χ0v) is 12.7. The van der Waals surface area contributed by atoms with Crippen LogP contribution in [0, 0.1) is 0 Å². The van der Waals surface area contributed by atoms with Crippen LogP contribution in [0.4, 0.5) is 5.13 Å². The predicted octanol–water partition coefficient (Wildman–Crippen LogP) is 1.60. The number of carbonyl (C=O) groups is 1. The molecule has 4 N–H and O–H groups in total. The summed E-state index contributed by atoms with van der Waals surface area (Å²) in [5.74, 6) is -1.03. The monoisotopic (exact) mass is 334 g/mol. The number of hydrogen-bond acceptors (Lipinski definition) is 6. The van der Waals surface area contributed by atoms with Crippen molar-refractivity contribution in [3.05, 3.63) is 34.8 Å². The maximum Gasteiger partial charge on any atom is 0.336 e. The Morgan fingerprint density at radius 2 is 2.14 bits per heavy atom. The molecule has 10 heteroatoms. The molecule has 3 rings (SSSR count). The lowest BCUT2D eigenvalue weighted by Gasteiger charge is -2.10. The van der Waals surface area contributed by atoms with E-state index in [1.165, 1.54) is 17.4 Å². The van der Waals surface area contributed by atoms with E-state index in [1.54, 1.807) is 12.3 Å². The molecule has 0 bridgehead atoms. The molecule has 0 aliphatic carbocycles. The Morgan fingerprint density at radius 1 is 1.36 bits per heavy atom. The first-order chi connectivity index (χ1) is 10.6. The van der Waals surface area contributed by atoms with E-state index in [0.29, 0.717) is 26.8 Å². The van der Waals surface area contributed by atoms with E-state index in [0.717, 1.165) is 0 Å². The van der Waals surface area contributed by atoms with Gasteiger partial charge < -0.3 is 15.7 Å². The van der Waals surface area contributed by atoms with E-state index in [-0.39, 0.29) is 12.1 Å². The van der Waals surface area contributed by atoms with Crippen molar-refractivity contribution >= 4 is 50.8 Å². The van der Waals surface area contributed by atoms with Crippen molar-refractivity contribution in [2.45, 2.75) is 6.54 Å². The van der Waals surface area contributed by atoms with E-state index in [2.05, 4.69) is 31.0 Å². The first kappa shape index (κ1) is 14.4. The van der Waals surface area contributed by atoms with Gasteiger partial charge in [-0.2, -0.15) is 15.4 Å². The highest BCUT2D eigenvalue weighted by Gasteiger charge is 2.14. The lowest BCUT2D eigenvalue weighted by atomic mass is 10.1. The number of anilines is 1. The second-order valence-electron chi connectivity index (χ2n) is 4.27. The highest BCUT2D eigenvalue weighted by atomic mass is 32.1. The largest absolute Gasteiger partial charge is 0.478 e. The zero-order valence-electron chi connectivity index (χ0n) is 11.0. The second-order valence-corrected chi connectivity index (χ2v) is 5.57. The number of nitrogens with one attached hydrogen (secondary N) is 3. The molecule has 0 fully saturated rings. The number of carboxylic acid groups (broad SMARTS) is 1. The number of aromatic carboxylic acids is 1. The molecule has 0 aliphatic rings. The summed E-state index contributed by atoms with van der Waals surface area (Å²) >= 11 is 6.57. The Labute approximate surface area is 133 Å². The lowest BCUT2D eigenvalue weighted by molar-refractivity contribution is 0.0696. The number of aromatic amines is 1. The van der Waals surface area contributed by atoms with Crippen molar-refractivity contribution in [2.75, 3.05) is 5.32 Å². The van der Waals surface area contributed by atoms with Crippen LogP contribution in [0.3, 0.4) is 0 Å². The molecule has 0 aliphatic heterocycles. The molecule has 2 aromatic heterocycles. The molecule has 0 atom stereocenters. The maximum atomic E-state index is 11.3. The minimum atomic E-state index is -1.03. The molecular formula is C12H10N6O2S2. The van der Waals surface area contributed by atoms with Gasteiger partial charge in [-0.1, -0.05) is 0 Å². The van der Waals surface area contributed by atoms with E-state index in [1.807, 2.05) is 5.38 Å². The van der Waals surface area contributed by atoms with E-state index in [9.17, 15) is 9.90 Å². The number of fused-ring (bicyclic) bond motifs is 1. The van der Waals surface area contributed by atoms with Crippen LogP contribution in [0.5, 0.6) is 0 Å². The highest BCUT2D eigenvalue weighted by molar-refractivity contribution is 7.80. The molecule has 0 amide bonds. The van der Waals surface area contributed by atoms with Crippen molar-refractivity contribution in [3.8, 4) is 0 Å². The Bertz CT molecular complexity index is 829. The van der Waals surface area contributed by atoms with Crippen LogP contribution in [-0.4, -0.2) is 36.6 Å². The fraction of sp³-hybridized carbons (Fsp3) is 0.0833. The summed E-state index contributed by atoms with van der Waals surface area (Å²) in [6.45, 7) is 0.252. The number of thiocarbonyl (C=S) groups is 1. The average Bonchev–Trinajstić information content (AvgIpc) is 3.14. The van der Waals surface area contributed by atoms with Crippen molar-refractivity contribution in [1.29, 1.82) is 0 Å². The van der Waals surface area contributed by atoms with Gasteiger partial charge >= 0.3 is 5.97 Å². The van der Waals surface area contributed by atoms with Crippen LogP contribution in [0.1, 0.15) is 15.9 Å². The van der Waals surface area contributed by atoms with Crippen LogP contribution < -0.4 is 10.6 Å². The molecule has 0 saturated heterocycles. The second kappa shape index (κ2) is 6.03. The molecule has 1 aromatic carbocycles. The number of carboxylic acids is 1. The molecule has 0 saturated carbocycles. The first-order valence-corrected chi connectivity index (χ1v) is 7.43. The Kier molecular flexibility index (Phi) is 3.94. The Hall–Kier alpha value is -2.59. The molecule has 22 heavy (non-hydrogen) atoms. The third kappa shape index (κ3) is 3.02. The van der Waals surface area contributed by atoms with Gasteiger partial charge in [0.25, 0.3) is 0 Å². The van der Waals surface area contributed by atoms with E-state index >= 15 is 0 Å². The fourth-order valence-corrected chi connectivity index (χ4v) is 2.65. The van der Waals surface area contributed by atoms with Crippen LogP contribution in [0.25, 0.3) is 11.0 Å². The van der Waals surface area contributed by atoms with Gasteiger partial charge in [-0.05, 0) is 29.9 Å². The van der Waals surface area contributed by atoms with Crippen molar-refractivity contribution in [2.24, 2.45) is 0 Å². The van der Waals surface area contributed by atoms with Gasteiger partial charge in [0, 0.05) is 18.1 Å². The Morgan fingerprint density at radius 3 is 2.82 bits per heavy atom. The fourth-order valence-electron chi connectivity index (χ4n) is 1.88. The number of nitrogens with zero attached hydrogens (tertiary/aromatic N) is 3. The number of thiazole rings is 1. The minimum Gasteiger partial charge on any atom is -0.478 e. The third-order valence-electron chi connectivity index (χ3n) is 2.86. The molecule has 8 nitrogen and oxygen atoms in total.